The predicted octanol–water partition coefficient (Wildman–Crippen LogP) is 4.50. The fraction of sp³-hybridized carbons (Fsp3) is 0.318. The van der Waals surface area contributed by atoms with E-state index in [4.69, 9.17) is 26.0 Å². The van der Waals surface area contributed by atoms with Gasteiger partial charge in [0.1, 0.15) is 11.8 Å². The Labute approximate surface area is 179 Å². The minimum Gasteiger partial charge on any atom is -0.489 e. The molecule has 30 heavy (non-hydrogen) atoms. The monoisotopic (exact) mass is 427 g/mol. The Morgan fingerprint density at radius 2 is 2.00 bits per heavy atom. The van der Waals surface area contributed by atoms with Gasteiger partial charge in [-0.05, 0) is 56.2 Å². The zero-order chi connectivity index (χ0) is 21.3. The van der Waals surface area contributed by atoms with Gasteiger partial charge in [0.2, 0.25) is 5.82 Å². The van der Waals surface area contributed by atoms with Gasteiger partial charge in [-0.3, -0.25) is 9.69 Å². The Kier molecular flexibility index (Phi) is 5.74. The third kappa shape index (κ3) is 4.32. The maximum Gasteiger partial charge on any atom is 0.320 e. The normalized spacial score (nSPS) is 16.5. The highest BCUT2D eigenvalue weighted by molar-refractivity contribution is 6.32. The summed E-state index contributed by atoms with van der Waals surface area (Å²) in [5, 5.41) is 13.7. The summed E-state index contributed by atoms with van der Waals surface area (Å²) in [6.45, 7) is 5.29. The van der Waals surface area contributed by atoms with Gasteiger partial charge >= 0.3 is 5.97 Å². The molecule has 0 spiro atoms. The van der Waals surface area contributed by atoms with Crippen LogP contribution in [0.4, 0.5) is 0 Å². The molecule has 1 N–H and O–H groups in total. The zero-order valence-corrected chi connectivity index (χ0v) is 17.5. The van der Waals surface area contributed by atoms with Crippen molar-refractivity contribution in [2.75, 3.05) is 6.54 Å². The van der Waals surface area contributed by atoms with Gasteiger partial charge in [-0.15, -0.1) is 0 Å². The number of likely N-dealkylation sites (tertiary alicyclic amines) is 1. The Bertz CT molecular complexity index is 1050. The summed E-state index contributed by atoms with van der Waals surface area (Å²) in [5.41, 5.74) is 2.57. The molecule has 156 valence electrons. The van der Waals surface area contributed by atoms with Gasteiger partial charge in [0, 0.05) is 24.2 Å². The van der Waals surface area contributed by atoms with Crippen molar-refractivity contribution >= 4 is 17.6 Å². The molecule has 7 nitrogen and oxygen atoms in total. The van der Waals surface area contributed by atoms with E-state index >= 15 is 0 Å². The average Bonchev–Trinajstić information content (AvgIpc) is 3.17. The van der Waals surface area contributed by atoms with Crippen molar-refractivity contribution in [3.8, 4) is 28.6 Å². The standard InChI is InChI=1S/C22H22ClN3O4/c1-13(2)29-19-8-7-16(11-17(19)23)20-24-21(30-25-20)15-5-3-14(4-6-15)12-26-10-9-18(26)22(27)28/h3-8,11,13,18H,9-10,12H2,1-2H3,(H,27,28). The van der Waals surface area contributed by atoms with Gasteiger partial charge in [-0.1, -0.05) is 28.9 Å². The van der Waals surface area contributed by atoms with E-state index in [1.54, 1.807) is 12.1 Å². The smallest absolute Gasteiger partial charge is 0.320 e. The summed E-state index contributed by atoms with van der Waals surface area (Å²) >= 11 is 6.30. The van der Waals surface area contributed by atoms with Crippen LogP contribution in [0.15, 0.2) is 47.0 Å². The summed E-state index contributed by atoms with van der Waals surface area (Å²) in [7, 11) is 0. The second kappa shape index (κ2) is 8.45. The molecule has 1 aliphatic heterocycles. The van der Waals surface area contributed by atoms with Gasteiger partial charge in [-0.2, -0.15) is 4.98 Å². The number of rotatable bonds is 7. The maximum atomic E-state index is 11.1. The number of nitrogens with zero attached hydrogens (tertiary/aromatic N) is 3. The van der Waals surface area contributed by atoms with Crippen molar-refractivity contribution in [3.63, 3.8) is 0 Å². The Morgan fingerprint density at radius 3 is 2.60 bits per heavy atom. The number of carboxylic acids is 1. The Balaban J connectivity index is 1.46. The van der Waals surface area contributed by atoms with Crippen molar-refractivity contribution in [1.29, 1.82) is 0 Å². The van der Waals surface area contributed by atoms with E-state index < -0.39 is 5.97 Å². The molecule has 2 aromatic carbocycles. The molecular weight excluding hydrogens is 406 g/mol. The summed E-state index contributed by atoms with van der Waals surface area (Å²) in [6.07, 6.45) is 0.733. The topological polar surface area (TPSA) is 88.7 Å². The van der Waals surface area contributed by atoms with E-state index in [2.05, 4.69) is 10.1 Å². The van der Waals surface area contributed by atoms with E-state index in [1.165, 1.54) is 0 Å². The van der Waals surface area contributed by atoms with Crippen LogP contribution in [-0.4, -0.2) is 44.8 Å². The number of hydrogen-bond acceptors (Lipinski definition) is 6. The Hall–Kier alpha value is -2.90. The van der Waals surface area contributed by atoms with Gasteiger partial charge < -0.3 is 14.4 Å². The van der Waals surface area contributed by atoms with Crippen LogP contribution in [0.1, 0.15) is 25.8 Å². The molecule has 0 saturated carbocycles. The van der Waals surface area contributed by atoms with E-state index in [9.17, 15) is 4.79 Å². The van der Waals surface area contributed by atoms with Crippen LogP contribution in [0.25, 0.3) is 22.8 Å². The summed E-state index contributed by atoms with van der Waals surface area (Å²) in [5.74, 6) is 0.696. The fourth-order valence-corrected chi connectivity index (χ4v) is 3.57. The number of carbonyl (C=O) groups is 1. The largest absolute Gasteiger partial charge is 0.489 e. The van der Waals surface area contributed by atoms with Crippen molar-refractivity contribution in [1.82, 2.24) is 15.0 Å². The quantitative estimate of drug-likeness (QED) is 0.593. The van der Waals surface area contributed by atoms with Crippen molar-refractivity contribution in [2.45, 2.75) is 39.0 Å². The lowest BCUT2D eigenvalue weighted by molar-refractivity contribution is -0.148. The second-order valence-corrected chi connectivity index (χ2v) is 7.95. The molecule has 3 aromatic rings. The van der Waals surface area contributed by atoms with Crippen molar-refractivity contribution in [3.05, 3.63) is 53.1 Å². The molecule has 4 rings (SSSR count). The molecule has 0 aliphatic carbocycles. The number of aromatic nitrogens is 2. The lowest BCUT2D eigenvalue weighted by atomic mass is 10.0. The first kappa shape index (κ1) is 20.4. The summed E-state index contributed by atoms with van der Waals surface area (Å²) < 4.78 is 11.1. The number of carboxylic acid groups (broad SMARTS) is 1. The molecule has 0 bridgehead atoms. The number of ether oxygens (including phenoxy) is 1. The third-order valence-electron chi connectivity index (χ3n) is 4.98. The minimum absolute atomic E-state index is 0.0317. The van der Waals surface area contributed by atoms with E-state index in [1.807, 2.05) is 49.1 Å². The summed E-state index contributed by atoms with van der Waals surface area (Å²) in [6, 6.07) is 12.7. The number of hydrogen-bond donors (Lipinski definition) is 1. The van der Waals surface area contributed by atoms with E-state index in [-0.39, 0.29) is 12.1 Å². The van der Waals surface area contributed by atoms with Crippen LogP contribution in [-0.2, 0) is 11.3 Å². The van der Waals surface area contributed by atoms with E-state index in [0.717, 1.165) is 23.2 Å². The number of aliphatic carboxylic acids is 1. The second-order valence-electron chi connectivity index (χ2n) is 7.55. The predicted molar refractivity (Wildman–Crippen MR) is 112 cm³/mol. The number of benzene rings is 2. The summed E-state index contributed by atoms with van der Waals surface area (Å²) in [4.78, 5) is 17.6. The highest BCUT2D eigenvalue weighted by Gasteiger charge is 2.33. The zero-order valence-electron chi connectivity index (χ0n) is 16.7. The van der Waals surface area contributed by atoms with Crippen LogP contribution in [0.3, 0.4) is 0 Å². The van der Waals surface area contributed by atoms with Gasteiger partial charge in [0.25, 0.3) is 5.89 Å². The molecule has 1 aromatic heterocycles. The fourth-order valence-electron chi connectivity index (χ4n) is 3.34. The van der Waals surface area contributed by atoms with E-state index in [0.29, 0.717) is 35.5 Å². The molecule has 0 amide bonds. The van der Waals surface area contributed by atoms with Crippen LogP contribution in [0, 0.1) is 0 Å². The number of halogens is 1. The SMILES string of the molecule is CC(C)Oc1ccc(-c2noc(-c3ccc(CN4CCC4C(=O)O)cc3)n2)cc1Cl. The highest BCUT2D eigenvalue weighted by Crippen LogP contribution is 2.31. The van der Waals surface area contributed by atoms with Crippen molar-refractivity contribution < 1.29 is 19.2 Å². The first-order chi connectivity index (χ1) is 14.4. The van der Waals surface area contributed by atoms with Gasteiger partial charge in [0.15, 0.2) is 0 Å². The molecule has 1 aliphatic rings. The third-order valence-corrected chi connectivity index (χ3v) is 5.28. The average molecular weight is 428 g/mol. The lowest BCUT2D eigenvalue weighted by Crippen LogP contribution is -2.51. The molecule has 1 unspecified atom stereocenters. The molecular formula is C22H22ClN3O4. The van der Waals surface area contributed by atoms with Gasteiger partial charge in [-0.25, -0.2) is 0 Å². The van der Waals surface area contributed by atoms with Crippen molar-refractivity contribution in [2.24, 2.45) is 0 Å². The first-order valence-corrected chi connectivity index (χ1v) is 10.1. The molecule has 8 heteroatoms. The van der Waals surface area contributed by atoms with Crippen LogP contribution in [0.5, 0.6) is 5.75 Å². The molecule has 1 fully saturated rings. The van der Waals surface area contributed by atoms with Gasteiger partial charge in [0.05, 0.1) is 11.1 Å². The lowest BCUT2D eigenvalue weighted by Gasteiger charge is -2.37. The van der Waals surface area contributed by atoms with Crippen LogP contribution < -0.4 is 4.74 Å². The molecule has 1 saturated heterocycles. The first-order valence-electron chi connectivity index (χ1n) is 9.77. The maximum absolute atomic E-state index is 11.1. The Morgan fingerprint density at radius 1 is 1.27 bits per heavy atom. The van der Waals surface area contributed by atoms with Crippen LogP contribution in [0.2, 0.25) is 5.02 Å². The molecule has 0 radical (unpaired) electrons. The van der Waals surface area contributed by atoms with Crippen LogP contribution >= 0.6 is 11.6 Å². The highest BCUT2D eigenvalue weighted by atomic mass is 35.5. The molecule has 2 heterocycles. The minimum atomic E-state index is -0.764. The molecule has 1 atom stereocenters.